The van der Waals surface area contributed by atoms with E-state index in [1.54, 1.807) is 11.3 Å². The topological polar surface area (TPSA) is 50.2 Å². The summed E-state index contributed by atoms with van der Waals surface area (Å²) >= 11 is 1.61. The lowest BCUT2D eigenvalue weighted by Crippen LogP contribution is -2.37. The van der Waals surface area contributed by atoms with Crippen LogP contribution in [0.3, 0.4) is 0 Å². The number of benzene rings is 2. The molecule has 6 heteroatoms. The Kier molecular flexibility index (Phi) is 6.14. The van der Waals surface area contributed by atoms with Crippen molar-refractivity contribution < 1.29 is 4.79 Å². The molecular formula is C26H26N4OS. The van der Waals surface area contributed by atoms with E-state index in [4.69, 9.17) is 5.10 Å². The van der Waals surface area contributed by atoms with Gasteiger partial charge in [-0.3, -0.25) is 14.4 Å². The molecule has 0 radical (unpaired) electrons. The molecule has 0 spiro atoms. The zero-order chi connectivity index (χ0) is 21.8. The second kappa shape index (κ2) is 9.51. The van der Waals surface area contributed by atoms with Crippen LogP contribution in [-0.4, -0.2) is 39.7 Å². The van der Waals surface area contributed by atoms with E-state index in [-0.39, 0.29) is 11.9 Å². The smallest absolute Gasteiger partial charge is 0.255 e. The summed E-state index contributed by atoms with van der Waals surface area (Å²) in [6.45, 7) is 3.42. The Balaban J connectivity index is 1.29. The van der Waals surface area contributed by atoms with Gasteiger partial charge in [-0.1, -0.05) is 66.7 Å². The number of hydrogen-bond acceptors (Lipinski definition) is 4. The maximum Gasteiger partial charge on any atom is 0.255 e. The summed E-state index contributed by atoms with van der Waals surface area (Å²) in [4.78, 5) is 16.7. The summed E-state index contributed by atoms with van der Waals surface area (Å²) < 4.78 is 1.87. The number of amides is 1. The van der Waals surface area contributed by atoms with Crippen molar-refractivity contribution in [2.45, 2.75) is 25.6 Å². The van der Waals surface area contributed by atoms with Gasteiger partial charge in [-0.05, 0) is 29.0 Å². The Morgan fingerprint density at radius 1 is 0.969 bits per heavy atom. The van der Waals surface area contributed by atoms with Crippen molar-refractivity contribution in [2.75, 3.05) is 13.1 Å². The third-order valence-corrected chi connectivity index (χ3v) is 6.68. The van der Waals surface area contributed by atoms with Gasteiger partial charge in [0.2, 0.25) is 0 Å². The summed E-state index contributed by atoms with van der Waals surface area (Å²) in [6, 6.07) is 24.9. The highest BCUT2D eigenvalue weighted by molar-refractivity contribution is 7.13. The van der Waals surface area contributed by atoms with Crippen LogP contribution in [-0.2, 0) is 13.1 Å². The monoisotopic (exact) mass is 442 g/mol. The van der Waals surface area contributed by atoms with E-state index in [0.717, 1.165) is 42.2 Å². The molecule has 2 aromatic carbocycles. The molecule has 0 aliphatic carbocycles. The molecule has 1 fully saturated rings. The average Bonchev–Trinajstić information content (AvgIpc) is 3.56. The molecule has 1 aliphatic rings. The number of thiophene rings is 1. The van der Waals surface area contributed by atoms with Crippen molar-refractivity contribution in [1.29, 1.82) is 0 Å². The first-order valence-electron chi connectivity index (χ1n) is 11.0. The summed E-state index contributed by atoms with van der Waals surface area (Å²) in [7, 11) is 0. The predicted molar refractivity (Wildman–Crippen MR) is 129 cm³/mol. The van der Waals surface area contributed by atoms with Gasteiger partial charge in [0.25, 0.3) is 5.91 Å². The molecule has 0 bridgehead atoms. The molecule has 1 aliphatic heterocycles. The Morgan fingerprint density at radius 2 is 1.69 bits per heavy atom. The second-order valence-corrected chi connectivity index (χ2v) is 9.18. The number of carbonyl (C=O) groups excluding carboxylic acids is 1. The Morgan fingerprint density at radius 3 is 2.38 bits per heavy atom. The van der Waals surface area contributed by atoms with Crippen LogP contribution in [0.1, 0.15) is 27.9 Å². The largest absolute Gasteiger partial charge is 0.348 e. The average molecular weight is 443 g/mol. The molecule has 2 aromatic heterocycles. The minimum absolute atomic E-state index is 0.0423. The Hall–Kier alpha value is -3.22. The van der Waals surface area contributed by atoms with Crippen molar-refractivity contribution in [3.63, 3.8) is 0 Å². The molecular weight excluding hydrogens is 416 g/mol. The highest BCUT2D eigenvalue weighted by Gasteiger charge is 2.26. The van der Waals surface area contributed by atoms with Crippen LogP contribution in [0.4, 0.5) is 0 Å². The van der Waals surface area contributed by atoms with E-state index in [1.165, 1.54) is 5.56 Å². The SMILES string of the molecule is O=C(N[C@H]1CCN(Cc2ccccc2)C1)c1cn(Cc2ccccc2)nc1-c1cccs1. The van der Waals surface area contributed by atoms with Gasteiger partial charge in [0, 0.05) is 31.9 Å². The first-order chi connectivity index (χ1) is 15.7. The summed E-state index contributed by atoms with van der Waals surface area (Å²) in [5, 5.41) is 10.1. The lowest BCUT2D eigenvalue weighted by Gasteiger charge is -2.16. The quantitative estimate of drug-likeness (QED) is 0.453. The van der Waals surface area contributed by atoms with Crippen LogP contribution in [0.5, 0.6) is 0 Å². The fourth-order valence-corrected chi connectivity index (χ4v) is 4.96. The highest BCUT2D eigenvalue weighted by atomic mass is 32.1. The Labute approximate surface area is 192 Å². The third-order valence-electron chi connectivity index (χ3n) is 5.80. The lowest BCUT2D eigenvalue weighted by atomic mass is 10.2. The van der Waals surface area contributed by atoms with Crippen molar-refractivity contribution >= 4 is 17.2 Å². The molecule has 5 nitrogen and oxygen atoms in total. The predicted octanol–water partition coefficient (Wildman–Crippen LogP) is 4.66. The van der Waals surface area contributed by atoms with Gasteiger partial charge >= 0.3 is 0 Å². The first-order valence-corrected chi connectivity index (χ1v) is 11.8. The maximum atomic E-state index is 13.3. The van der Waals surface area contributed by atoms with Gasteiger partial charge in [-0.25, -0.2) is 0 Å². The molecule has 162 valence electrons. The fraction of sp³-hybridized carbons (Fsp3) is 0.231. The normalized spacial score (nSPS) is 16.3. The van der Waals surface area contributed by atoms with Crippen LogP contribution < -0.4 is 5.32 Å². The van der Waals surface area contributed by atoms with E-state index in [0.29, 0.717) is 12.1 Å². The third kappa shape index (κ3) is 4.82. The van der Waals surface area contributed by atoms with Crippen molar-refractivity contribution in [3.8, 4) is 10.6 Å². The summed E-state index contributed by atoms with van der Waals surface area (Å²) in [5.74, 6) is -0.0423. The van der Waals surface area contributed by atoms with E-state index < -0.39 is 0 Å². The van der Waals surface area contributed by atoms with Crippen molar-refractivity contribution in [1.82, 2.24) is 20.0 Å². The van der Waals surface area contributed by atoms with Crippen molar-refractivity contribution in [3.05, 3.63) is 101 Å². The van der Waals surface area contributed by atoms with E-state index in [2.05, 4.69) is 46.6 Å². The number of likely N-dealkylation sites (tertiary alicyclic amines) is 1. The van der Waals surface area contributed by atoms with Crippen molar-refractivity contribution in [2.24, 2.45) is 0 Å². The lowest BCUT2D eigenvalue weighted by molar-refractivity contribution is 0.0938. The van der Waals surface area contributed by atoms with Gasteiger partial charge in [-0.2, -0.15) is 5.10 Å². The Bertz CT molecular complexity index is 1160. The fourth-order valence-electron chi connectivity index (χ4n) is 4.23. The van der Waals surface area contributed by atoms with Crippen LogP contribution >= 0.6 is 11.3 Å². The van der Waals surface area contributed by atoms with Crippen LogP contribution in [0.15, 0.2) is 84.4 Å². The molecule has 1 saturated heterocycles. The van der Waals surface area contributed by atoms with Gasteiger partial charge < -0.3 is 5.32 Å². The minimum atomic E-state index is -0.0423. The van der Waals surface area contributed by atoms with E-state index in [9.17, 15) is 4.79 Å². The molecule has 1 amide bonds. The number of carbonyl (C=O) groups is 1. The zero-order valence-corrected chi connectivity index (χ0v) is 18.7. The number of hydrogen-bond donors (Lipinski definition) is 1. The summed E-state index contributed by atoms with van der Waals surface area (Å²) in [5.41, 5.74) is 3.87. The minimum Gasteiger partial charge on any atom is -0.348 e. The molecule has 3 heterocycles. The molecule has 0 saturated carbocycles. The van der Waals surface area contributed by atoms with Gasteiger partial charge in [0.1, 0.15) is 5.69 Å². The second-order valence-electron chi connectivity index (χ2n) is 8.23. The highest BCUT2D eigenvalue weighted by Crippen LogP contribution is 2.27. The van der Waals surface area contributed by atoms with E-state index >= 15 is 0 Å². The molecule has 1 atom stereocenters. The molecule has 32 heavy (non-hydrogen) atoms. The number of rotatable bonds is 7. The standard InChI is InChI=1S/C26H26N4OS/c31-26(27-22-13-14-29(18-22)16-20-8-3-1-4-9-20)23-19-30(17-21-10-5-2-6-11-21)28-25(23)24-12-7-15-32-24/h1-12,15,19,22H,13-14,16-18H2,(H,27,31)/t22-/m0/s1. The van der Waals surface area contributed by atoms with E-state index in [1.807, 2.05) is 52.7 Å². The zero-order valence-electron chi connectivity index (χ0n) is 17.9. The number of aromatic nitrogens is 2. The van der Waals surface area contributed by atoms with Crippen LogP contribution in [0.2, 0.25) is 0 Å². The molecule has 5 rings (SSSR count). The number of nitrogens with zero attached hydrogens (tertiary/aromatic N) is 3. The molecule has 4 aromatic rings. The van der Waals surface area contributed by atoms with Crippen LogP contribution in [0.25, 0.3) is 10.6 Å². The summed E-state index contributed by atoms with van der Waals surface area (Å²) in [6.07, 6.45) is 2.85. The van der Waals surface area contributed by atoms with Gasteiger partial charge in [0.05, 0.1) is 17.0 Å². The van der Waals surface area contributed by atoms with Gasteiger partial charge in [0.15, 0.2) is 0 Å². The van der Waals surface area contributed by atoms with Crippen LogP contribution in [0, 0.1) is 0 Å². The molecule has 1 N–H and O–H groups in total. The first kappa shape index (κ1) is 20.7. The molecule has 0 unspecified atom stereocenters. The maximum absolute atomic E-state index is 13.3. The number of nitrogens with one attached hydrogen (secondary N) is 1. The van der Waals surface area contributed by atoms with Gasteiger partial charge in [-0.15, -0.1) is 11.3 Å².